The van der Waals surface area contributed by atoms with E-state index in [1.54, 1.807) is 30.3 Å². The zero-order chi connectivity index (χ0) is 12.9. The number of hydrogen-bond donors (Lipinski definition) is 2. The Labute approximate surface area is 100 Å². The maximum atomic E-state index is 11.7. The summed E-state index contributed by atoms with van der Waals surface area (Å²) in [5.41, 5.74) is 0.545. The van der Waals surface area contributed by atoms with Crippen LogP contribution in [0.5, 0.6) is 0 Å². The fourth-order valence-electron chi connectivity index (χ4n) is 1.23. The highest BCUT2D eigenvalue weighted by atomic mass is 32.2. The first kappa shape index (κ1) is 13.7. The molecule has 1 rings (SSSR count). The van der Waals surface area contributed by atoms with Crippen molar-refractivity contribution in [1.29, 1.82) is 0 Å². The summed E-state index contributed by atoms with van der Waals surface area (Å²) in [6, 6.07) is 8.61. The van der Waals surface area contributed by atoms with E-state index in [0.29, 0.717) is 5.69 Å². The van der Waals surface area contributed by atoms with Crippen LogP contribution in [0.2, 0.25) is 0 Å². The average Bonchev–Trinajstić information content (AvgIpc) is 2.29. The largest absolute Gasteiger partial charge is 0.395 e. The Morgan fingerprint density at radius 2 is 1.94 bits per heavy atom. The molecule has 0 aliphatic carbocycles. The Hall–Kier alpha value is -1.40. The van der Waals surface area contributed by atoms with E-state index in [-0.39, 0.29) is 0 Å². The van der Waals surface area contributed by atoms with E-state index in [0.717, 1.165) is 0 Å². The van der Waals surface area contributed by atoms with Gasteiger partial charge < -0.3 is 10.4 Å². The first-order valence-electron chi connectivity index (χ1n) is 5.15. The number of sulfone groups is 1. The second-order valence-corrected chi connectivity index (χ2v) is 6.03. The quantitative estimate of drug-likeness (QED) is 0.800. The van der Waals surface area contributed by atoms with Gasteiger partial charge in [0.1, 0.15) is 5.25 Å². The molecule has 0 fully saturated rings. The molecule has 0 saturated carbocycles. The van der Waals surface area contributed by atoms with Crippen LogP contribution in [0, 0.1) is 0 Å². The van der Waals surface area contributed by atoms with Crippen LogP contribution in [-0.4, -0.2) is 37.0 Å². The van der Waals surface area contributed by atoms with Gasteiger partial charge in [-0.3, -0.25) is 4.79 Å². The van der Waals surface area contributed by atoms with Gasteiger partial charge in [-0.1, -0.05) is 18.2 Å². The second kappa shape index (κ2) is 5.79. The molecule has 1 atom stereocenters. The lowest BCUT2D eigenvalue weighted by Crippen LogP contribution is -2.34. The average molecular weight is 257 g/mol. The monoisotopic (exact) mass is 257 g/mol. The molecule has 5 nitrogen and oxygen atoms in total. The molecule has 2 N–H and O–H groups in total. The van der Waals surface area contributed by atoms with Gasteiger partial charge >= 0.3 is 0 Å². The van der Waals surface area contributed by atoms with Crippen LogP contribution < -0.4 is 5.32 Å². The molecular weight excluding hydrogens is 242 g/mol. The molecular formula is C11H15NO4S. The third kappa shape index (κ3) is 3.83. The number of amides is 1. The van der Waals surface area contributed by atoms with Gasteiger partial charge in [-0.05, 0) is 19.1 Å². The Bertz CT molecular complexity index is 470. The van der Waals surface area contributed by atoms with Crippen LogP contribution in [0.1, 0.15) is 6.92 Å². The van der Waals surface area contributed by atoms with E-state index < -0.39 is 33.4 Å². The van der Waals surface area contributed by atoms with Crippen LogP contribution in [0.25, 0.3) is 0 Å². The van der Waals surface area contributed by atoms with Crippen molar-refractivity contribution in [3.63, 3.8) is 0 Å². The molecule has 1 unspecified atom stereocenters. The minimum absolute atomic E-state index is 0.406. The van der Waals surface area contributed by atoms with Gasteiger partial charge in [-0.25, -0.2) is 8.42 Å². The lowest BCUT2D eigenvalue weighted by Gasteiger charge is -2.12. The normalized spacial score (nSPS) is 13.1. The molecule has 0 heterocycles. The molecule has 0 bridgehead atoms. The van der Waals surface area contributed by atoms with Crippen molar-refractivity contribution in [2.75, 3.05) is 17.7 Å². The number of hydrogen-bond acceptors (Lipinski definition) is 4. The highest BCUT2D eigenvalue weighted by molar-refractivity contribution is 7.92. The standard InChI is InChI=1S/C11H15NO4S/c1-9(17(15,16)8-7-13)11(14)12-10-5-3-2-4-6-10/h2-6,9,13H,7-8H2,1H3,(H,12,14). The fourth-order valence-corrected chi connectivity index (χ4v) is 2.23. The van der Waals surface area contributed by atoms with Crippen molar-refractivity contribution in [3.8, 4) is 0 Å². The van der Waals surface area contributed by atoms with Gasteiger partial charge in [0.15, 0.2) is 9.84 Å². The molecule has 0 spiro atoms. The topological polar surface area (TPSA) is 83.5 Å². The van der Waals surface area contributed by atoms with Crippen LogP contribution in [0.15, 0.2) is 30.3 Å². The minimum Gasteiger partial charge on any atom is -0.395 e. The zero-order valence-corrected chi connectivity index (χ0v) is 10.3. The first-order chi connectivity index (χ1) is 7.97. The van der Waals surface area contributed by atoms with E-state index in [1.807, 2.05) is 0 Å². The molecule has 0 aromatic heterocycles. The third-order valence-corrected chi connectivity index (χ3v) is 4.37. The summed E-state index contributed by atoms with van der Waals surface area (Å²) in [5, 5.41) is 9.95. The van der Waals surface area contributed by atoms with E-state index in [4.69, 9.17) is 5.11 Å². The van der Waals surface area contributed by atoms with Crippen molar-refractivity contribution in [2.45, 2.75) is 12.2 Å². The van der Waals surface area contributed by atoms with Crippen molar-refractivity contribution < 1.29 is 18.3 Å². The molecule has 6 heteroatoms. The van der Waals surface area contributed by atoms with Gasteiger partial charge in [0.05, 0.1) is 12.4 Å². The van der Waals surface area contributed by atoms with Crippen LogP contribution in [0.3, 0.4) is 0 Å². The summed E-state index contributed by atoms with van der Waals surface area (Å²) in [6.07, 6.45) is 0. The van der Waals surface area contributed by atoms with Crippen molar-refractivity contribution >= 4 is 21.4 Å². The molecule has 0 aliphatic heterocycles. The number of rotatable bonds is 5. The van der Waals surface area contributed by atoms with Crippen LogP contribution in [-0.2, 0) is 14.6 Å². The Morgan fingerprint density at radius 1 is 1.35 bits per heavy atom. The summed E-state index contributed by atoms with van der Waals surface area (Å²) < 4.78 is 23.1. The molecule has 94 valence electrons. The molecule has 0 saturated heterocycles. The molecule has 0 radical (unpaired) electrons. The lowest BCUT2D eigenvalue weighted by molar-refractivity contribution is -0.115. The predicted molar refractivity (Wildman–Crippen MR) is 65.4 cm³/mol. The first-order valence-corrected chi connectivity index (χ1v) is 6.87. The Morgan fingerprint density at radius 3 is 2.47 bits per heavy atom. The summed E-state index contributed by atoms with van der Waals surface area (Å²) in [6.45, 7) is 0.828. The lowest BCUT2D eigenvalue weighted by atomic mass is 10.3. The number of para-hydroxylation sites is 1. The SMILES string of the molecule is CC(C(=O)Nc1ccccc1)S(=O)(=O)CCO. The number of nitrogens with one attached hydrogen (secondary N) is 1. The summed E-state index contributed by atoms with van der Waals surface area (Å²) >= 11 is 0. The fraction of sp³-hybridized carbons (Fsp3) is 0.364. The van der Waals surface area contributed by atoms with Crippen molar-refractivity contribution in [3.05, 3.63) is 30.3 Å². The molecule has 1 amide bonds. The van der Waals surface area contributed by atoms with E-state index >= 15 is 0 Å². The maximum Gasteiger partial charge on any atom is 0.242 e. The number of benzene rings is 1. The van der Waals surface area contributed by atoms with Crippen LogP contribution >= 0.6 is 0 Å². The zero-order valence-electron chi connectivity index (χ0n) is 9.46. The van der Waals surface area contributed by atoms with E-state index in [2.05, 4.69) is 5.32 Å². The van der Waals surface area contributed by atoms with Gasteiger partial charge in [0, 0.05) is 5.69 Å². The number of aliphatic hydroxyl groups excluding tert-OH is 1. The molecule has 1 aromatic rings. The van der Waals surface area contributed by atoms with E-state index in [1.165, 1.54) is 6.92 Å². The number of aliphatic hydroxyl groups is 1. The Balaban J connectivity index is 2.72. The molecule has 1 aromatic carbocycles. The Kier molecular flexibility index (Phi) is 4.65. The smallest absolute Gasteiger partial charge is 0.242 e. The van der Waals surface area contributed by atoms with Gasteiger partial charge in [0.2, 0.25) is 5.91 Å². The summed E-state index contributed by atoms with van der Waals surface area (Å²) in [7, 11) is -3.59. The van der Waals surface area contributed by atoms with E-state index in [9.17, 15) is 13.2 Å². The predicted octanol–water partition coefficient (Wildman–Crippen LogP) is 0.421. The second-order valence-electron chi connectivity index (χ2n) is 3.59. The van der Waals surface area contributed by atoms with Gasteiger partial charge in [-0.2, -0.15) is 0 Å². The molecule has 0 aliphatic rings. The summed E-state index contributed by atoms with van der Waals surface area (Å²) in [5.74, 6) is -0.999. The van der Waals surface area contributed by atoms with Crippen LogP contribution in [0.4, 0.5) is 5.69 Å². The maximum absolute atomic E-state index is 11.7. The molecule has 17 heavy (non-hydrogen) atoms. The van der Waals surface area contributed by atoms with Crippen molar-refractivity contribution in [2.24, 2.45) is 0 Å². The highest BCUT2D eigenvalue weighted by Gasteiger charge is 2.27. The highest BCUT2D eigenvalue weighted by Crippen LogP contribution is 2.09. The number of carbonyl (C=O) groups is 1. The third-order valence-electron chi connectivity index (χ3n) is 2.33. The minimum atomic E-state index is -3.59. The number of carbonyl (C=O) groups excluding carboxylic acids is 1. The van der Waals surface area contributed by atoms with Gasteiger partial charge in [-0.15, -0.1) is 0 Å². The van der Waals surface area contributed by atoms with Crippen molar-refractivity contribution in [1.82, 2.24) is 0 Å². The number of anilines is 1. The summed E-state index contributed by atoms with van der Waals surface area (Å²) in [4.78, 5) is 11.7. The van der Waals surface area contributed by atoms with Gasteiger partial charge in [0.25, 0.3) is 0 Å².